The van der Waals surface area contributed by atoms with Crippen LogP contribution in [-0.2, 0) is 6.42 Å². The highest BCUT2D eigenvalue weighted by atomic mass is 32.1. The van der Waals surface area contributed by atoms with E-state index in [0.29, 0.717) is 0 Å². The second-order valence-electron chi connectivity index (χ2n) is 1.44. The summed E-state index contributed by atoms with van der Waals surface area (Å²) in [7, 11) is 0. The minimum absolute atomic E-state index is 0.885. The lowest BCUT2D eigenvalue weighted by Crippen LogP contribution is -1.71. The van der Waals surface area contributed by atoms with E-state index in [4.69, 9.17) is 0 Å². The molecule has 0 atom stereocenters. The summed E-state index contributed by atoms with van der Waals surface area (Å²) < 4.78 is 3.81. The standard InChI is InChI=1S/C6H6NS/c1-2-3-6-4-7-8-5-6/h2,5H,1,3H2. The van der Waals surface area contributed by atoms with E-state index >= 15 is 0 Å². The van der Waals surface area contributed by atoms with Gasteiger partial charge in [-0.25, -0.2) is 0 Å². The summed E-state index contributed by atoms with van der Waals surface area (Å²) in [6.45, 7) is 3.59. The topological polar surface area (TPSA) is 12.9 Å². The van der Waals surface area contributed by atoms with Gasteiger partial charge in [0.15, 0.2) is 0 Å². The Hall–Kier alpha value is -0.630. The Balaban J connectivity index is 2.62. The highest BCUT2D eigenvalue weighted by molar-refractivity contribution is 7.03. The summed E-state index contributed by atoms with van der Waals surface area (Å²) >= 11 is 1.43. The van der Waals surface area contributed by atoms with Gasteiger partial charge in [0.2, 0.25) is 0 Å². The first kappa shape index (κ1) is 5.51. The Kier molecular flexibility index (Phi) is 1.80. The van der Waals surface area contributed by atoms with Crippen LogP contribution in [0.1, 0.15) is 5.56 Å². The summed E-state index contributed by atoms with van der Waals surface area (Å²) in [4.78, 5) is 0. The highest BCUT2D eigenvalue weighted by Crippen LogP contribution is 2.00. The molecule has 8 heavy (non-hydrogen) atoms. The molecule has 1 heterocycles. The first-order valence-electron chi connectivity index (χ1n) is 2.35. The fourth-order valence-electron chi connectivity index (χ4n) is 0.451. The van der Waals surface area contributed by atoms with Crippen LogP contribution in [0.25, 0.3) is 0 Å². The third-order valence-corrected chi connectivity index (χ3v) is 1.39. The second kappa shape index (κ2) is 2.62. The SMILES string of the molecule is C=CCc1[c]nsc1. The maximum absolute atomic E-state index is 3.81. The van der Waals surface area contributed by atoms with E-state index in [1.165, 1.54) is 11.5 Å². The quantitative estimate of drug-likeness (QED) is 0.546. The Morgan fingerprint density at radius 1 is 2.00 bits per heavy atom. The smallest absolute Gasteiger partial charge is 0.107 e. The van der Waals surface area contributed by atoms with Crippen LogP contribution < -0.4 is 0 Å². The first-order valence-corrected chi connectivity index (χ1v) is 3.19. The summed E-state index contributed by atoms with van der Waals surface area (Å²) in [5, 5.41) is 1.97. The molecule has 1 aromatic heterocycles. The molecular formula is C6H6NS. The van der Waals surface area contributed by atoms with E-state index in [2.05, 4.69) is 17.1 Å². The molecule has 0 saturated heterocycles. The van der Waals surface area contributed by atoms with E-state index in [1.54, 1.807) is 0 Å². The normalized spacial score (nSPS) is 9.00. The van der Waals surface area contributed by atoms with E-state index in [9.17, 15) is 0 Å². The van der Waals surface area contributed by atoms with Crippen LogP contribution in [0.15, 0.2) is 18.0 Å². The fraction of sp³-hybridized carbons (Fsp3) is 0.167. The van der Waals surface area contributed by atoms with Gasteiger partial charge in [-0.3, -0.25) is 0 Å². The van der Waals surface area contributed by atoms with E-state index in [-0.39, 0.29) is 0 Å². The summed E-state index contributed by atoms with van der Waals surface area (Å²) in [5.41, 5.74) is 1.13. The van der Waals surface area contributed by atoms with Gasteiger partial charge in [0.1, 0.15) is 6.20 Å². The van der Waals surface area contributed by atoms with Crippen LogP contribution in [0, 0.1) is 6.20 Å². The fourth-order valence-corrected chi connectivity index (χ4v) is 0.949. The predicted molar refractivity (Wildman–Crippen MR) is 34.9 cm³/mol. The van der Waals surface area contributed by atoms with E-state index < -0.39 is 0 Å². The zero-order chi connectivity index (χ0) is 5.82. The van der Waals surface area contributed by atoms with Crippen molar-refractivity contribution >= 4 is 11.5 Å². The number of hydrogen-bond donors (Lipinski definition) is 0. The van der Waals surface area contributed by atoms with Gasteiger partial charge in [0.25, 0.3) is 0 Å². The van der Waals surface area contributed by atoms with Gasteiger partial charge in [-0.05, 0) is 23.5 Å². The van der Waals surface area contributed by atoms with Crippen molar-refractivity contribution in [1.82, 2.24) is 4.37 Å². The molecule has 0 saturated carbocycles. The molecule has 1 radical (unpaired) electrons. The zero-order valence-corrected chi connectivity index (χ0v) is 5.24. The van der Waals surface area contributed by atoms with Crippen molar-refractivity contribution in [2.75, 3.05) is 0 Å². The molecule has 0 aliphatic rings. The molecule has 1 aromatic rings. The Labute approximate surface area is 52.8 Å². The van der Waals surface area contributed by atoms with Crippen molar-refractivity contribution in [2.24, 2.45) is 0 Å². The lowest BCUT2D eigenvalue weighted by molar-refractivity contribution is 1.27. The number of nitrogens with zero attached hydrogens (tertiary/aromatic N) is 1. The molecule has 1 nitrogen and oxygen atoms in total. The van der Waals surface area contributed by atoms with Crippen molar-refractivity contribution in [3.8, 4) is 0 Å². The van der Waals surface area contributed by atoms with Crippen molar-refractivity contribution < 1.29 is 0 Å². The van der Waals surface area contributed by atoms with Crippen LogP contribution in [-0.4, -0.2) is 4.37 Å². The molecule has 0 aliphatic heterocycles. The lowest BCUT2D eigenvalue weighted by atomic mass is 10.3. The molecule has 0 aliphatic carbocycles. The van der Waals surface area contributed by atoms with Crippen molar-refractivity contribution in [3.05, 3.63) is 29.8 Å². The van der Waals surface area contributed by atoms with Crippen molar-refractivity contribution in [1.29, 1.82) is 0 Å². The van der Waals surface area contributed by atoms with Gasteiger partial charge in [-0.15, -0.1) is 6.58 Å². The molecule has 0 bridgehead atoms. The van der Waals surface area contributed by atoms with Crippen LogP contribution in [0.5, 0.6) is 0 Å². The van der Waals surface area contributed by atoms with Gasteiger partial charge in [-0.2, -0.15) is 4.37 Å². The average Bonchev–Trinajstić information content (AvgIpc) is 2.19. The Morgan fingerprint density at radius 2 is 2.88 bits per heavy atom. The maximum Gasteiger partial charge on any atom is 0.107 e. The number of allylic oxidation sites excluding steroid dienone is 1. The minimum atomic E-state index is 0.885. The van der Waals surface area contributed by atoms with Crippen LogP contribution >= 0.6 is 11.5 Å². The molecule has 0 amide bonds. The molecule has 2 heteroatoms. The molecule has 0 unspecified atom stereocenters. The van der Waals surface area contributed by atoms with Crippen LogP contribution in [0.2, 0.25) is 0 Å². The van der Waals surface area contributed by atoms with E-state index in [0.717, 1.165) is 12.0 Å². The molecular weight excluding hydrogens is 118 g/mol. The third kappa shape index (κ3) is 1.17. The molecule has 0 N–H and O–H groups in total. The molecule has 41 valence electrons. The number of rotatable bonds is 2. The maximum atomic E-state index is 3.81. The summed E-state index contributed by atoms with van der Waals surface area (Å²) in [5.74, 6) is 0. The van der Waals surface area contributed by atoms with Gasteiger partial charge in [-0.1, -0.05) is 6.08 Å². The first-order chi connectivity index (χ1) is 3.93. The number of aromatic nitrogens is 1. The molecule has 0 aromatic carbocycles. The third-order valence-electron chi connectivity index (χ3n) is 0.801. The van der Waals surface area contributed by atoms with Gasteiger partial charge < -0.3 is 0 Å². The van der Waals surface area contributed by atoms with Crippen LogP contribution in [0.4, 0.5) is 0 Å². The van der Waals surface area contributed by atoms with Gasteiger partial charge in [0.05, 0.1) is 0 Å². The summed E-state index contributed by atoms with van der Waals surface area (Å²) in [6.07, 6.45) is 5.57. The largest absolute Gasteiger partial charge is 0.191 e. The second-order valence-corrected chi connectivity index (χ2v) is 2.07. The monoisotopic (exact) mass is 124 g/mol. The average molecular weight is 124 g/mol. The van der Waals surface area contributed by atoms with Gasteiger partial charge in [0, 0.05) is 5.38 Å². The zero-order valence-electron chi connectivity index (χ0n) is 4.42. The van der Waals surface area contributed by atoms with Crippen molar-refractivity contribution in [2.45, 2.75) is 6.42 Å². The highest BCUT2D eigenvalue weighted by Gasteiger charge is 1.87. The molecule has 1 rings (SSSR count). The van der Waals surface area contributed by atoms with E-state index in [1.807, 2.05) is 11.5 Å². The summed E-state index contributed by atoms with van der Waals surface area (Å²) in [6, 6.07) is 0. The van der Waals surface area contributed by atoms with Gasteiger partial charge >= 0.3 is 0 Å². The predicted octanol–water partition coefficient (Wildman–Crippen LogP) is 1.67. The van der Waals surface area contributed by atoms with Crippen molar-refractivity contribution in [3.63, 3.8) is 0 Å². The minimum Gasteiger partial charge on any atom is -0.191 e. The number of hydrogen-bond acceptors (Lipinski definition) is 2. The Bertz CT molecular complexity index is 155. The molecule has 0 fully saturated rings. The van der Waals surface area contributed by atoms with Crippen LogP contribution in [0.3, 0.4) is 0 Å². The lowest BCUT2D eigenvalue weighted by Gasteiger charge is -1.79. The molecule has 0 spiro atoms. The Morgan fingerprint density at radius 3 is 3.38 bits per heavy atom.